The van der Waals surface area contributed by atoms with Crippen LogP contribution in [-0.2, 0) is 9.53 Å². The van der Waals surface area contributed by atoms with Crippen molar-refractivity contribution in [1.29, 1.82) is 0 Å². The SMILES string of the molecule is CCC1C(CCOC)=CC=CC1(CCC(C)C)C(=O)O. The molecule has 1 aliphatic carbocycles. The van der Waals surface area contributed by atoms with Gasteiger partial charge in [-0.25, -0.2) is 0 Å². The van der Waals surface area contributed by atoms with Crippen LogP contribution in [0.1, 0.15) is 46.5 Å². The molecular weight excluding hydrogens is 252 g/mol. The first-order chi connectivity index (χ1) is 9.47. The molecule has 0 bridgehead atoms. The number of carbonyl (C=O) groups is 1. The fraction of sp³-hybridized carbons (Fsp3) is 0.706. The molecule has 0 radical (unpaired) electrons. The van der Waals surface area contributed by atoms with Gasteiger partial charge in [0.1, 0.15) is 0 Å². The number of ether oxygens (including phenoxy) is 1. The van der Waals surface area contributed by atoms with Crippen LogP contribution >= 0.6 is 0 Å². The summed E-state index contributed by atoms with van der Waals surface area (Å²) >= 11 is 0. The van der Waals surface area contributed by atoms with E-state index >= 15 is 0 Å². The van der Waals surface area contributed by atoms with E-state index in [0.717, 1.165) is 19.3 Å². The highest BCUT2D eigenvalue weighted by atomic mass is 16.5. The average molecular weight is 280 g/mol. The molecule has 1 N–H and O–H groups in total. The van der Waals surface area contributed by atoms with Crippen molar-refractivity contribution in [3.05, 3.63) is 23.8 Å². The predicted octanol–water partition coefficient (Wildman–Crippen LogP) is 4.05. The molecule has 2 unspecified atom stereocenters. The van der Waals surface area contributed by atoms with Crippen molar-refractivity contribution in [3.63, 3.8) is 0 Å². The predicted molar refractivity (Wildman–Crippen MR) is 81.6 cm³/mol. The molecule has 0 aromatic heterocycles. The fourth-order valence-electron chi connectivity index (χ4n) is 3.12. The van der Waals surface area contributed by atoms with Gasteiger partial charge in [-0.1, -0.05) is 44.6 Å². The van der Waals surface area contributed by atoms with Gasteiger partial charge in [0.2, 0.25) is 0 Å². The summed E-state index contributed by atoms with van der Waals surface area (Å²) in [5, 5.41) is 9.84. The summed E-state index contributed by atoms with van der Waals surface area (Å²) in [5.41, 5.74) is 0.472. The molecule has 3 nitrogen and oxygen atoms in total. The van der Waals surface area contributed by atoms with E-state index < -0.39 is 11.4 Å². The fourth-order valence-corrected chi connectivity index (χ4v) is 3.12. The number of rotatable bonds is 8. The molecule has 0 fully saturated rings. The van der Waals surface area contributed by atoms with E-state index in [9.17, 15) is 9.90 Å². The van der Waals surface area contributed by atoms with Gasteiger partial charge in [-0.05, 0) is 37.5 Å². The minimum absolute atomic E-state index is 0.0823. The standard InChI is InChI=1S/C17H28O3/c1-5-15-14(9-12-20-4)7-6-10-17(15,16(18)19)11-8-13(2)3/h6-7,10,13,15H,5,8-9,11-12H2,1-4H3,(H,18,19). The smallest absolute Gasteiger partial charge is 0.314 e. The van der Waals surface area contributed by atoms with E-state index in [4.69, 9.17) is 4.74 Å². The van der Waals surface area contributed by atoms with Gasteiger partial charge < -0.3 is 9.84 Å². The first-order valence-electron chi connectivity index (χ1n) is 7.58. The third-order valence-electron chi connectivity index (χ3n) is 4.31. The molecule has 0 aromatic rings. The minimum Gasteiger partial charge on any atom is -0.481 e. The Balaban J connectivity index is 3.01. The number of hydrogen-bond acceptors (Lipinski definition) is 2. The molecule has 0 aliphatic heterocycles. The van der Waals surface area contributed by atoms with Crippen molar-refractivity contribution in [1.82, 2.24) is 0 Å². The Morgan fingerprint density at radius 1 is 1.50 bits per heavy atom. The Labute approximate surface area is 122 Å². The first-order valence-corrected chi connectivity index (χ1v) is 7.58. The molecule has 0 aromatic carbocycles. The molecule has 0 saturated carbocycles. The van der Waals surface area contributed by atoms with Crippen molar-refractivity contribution in [3.8, 4) is 0 Å². The highest BCUT2D eigenvalue weighted by Crippen LogP contribution is 2.45. The van der Waals surface area contributed by atoms with Gasteiger partial charge >= 0.3 is 5.97 Å². The van der Waals surface area contributed by atoms with E-state index in [1.807, 2.05) is 12.2 Å². The lowest BCUT2D eigenvalue weighted by Gasteiger charge is -2.38. The Kier molecular flexibility index (Phi) is 6.47. The summed E-state index contributed by atoms with van der Waals surface area (Å²) in [5.74, 6) is -0.0892. The largest absolute Gasteiger partial charge is 0.481 e. The number of allylic oxidation sites excluding steroid dienone is 2. The van der Waals surface area contributed by atoms with Crippen LogP contribution in [0.3, 0.4) is 0 Å². The third-order valence-corrected chi connectivity index (χ3v) is 4.31. The Hall–Kier alpha value is -1.09. The van der Waals surface area contributed by atoms with Crippen molar-refractivity contribution in [2.45, 2.75) is 46.5 Å². The van der Waals surface area contributed by atoms with Crippen LogP contribution < -0.4 is 0 Å². The van der Waals surface area contributed by atoms with E-state index in [1.54, 1.807) is 7.11 Å². The van der Waals surface area contributed by atoms with Crippen LogP contribution in [0.25, 0.3) is 0 Å². The molecule has 0 heterocycles. The van der Waals surface area contributed by atoms with Crippen molar-refractivity contribution in [2.75, 3.05) is 13.7 Å². The molecule has 20 heavy (non-hydrogen) atoms. The first kappa shape index (κ1) is 17.0. The van der Waals surface area contributed by atoms with Crippen molar-refractivity contribution >= 4 is 5.97 Å². The molecule has 2 atom stereocenters. The van der Waals surface area contributed by atoms with Crippen LogP contribution in [-0.4, -0.2) is 24.8 Å². The third kappa shape index (κ3) is 3.72. The van der Waals surface area contributed by atoms with Crippen LogP contribution in [0.4, 0.5) is 0 Å². The van der Waals surface area contributed by atoms with Gasteiger partial charge in [-0.15, -0.1) is 0 Å². The number of carboxylic acids is 1. The number of aliphatic carboxylic acids is 1. The second-order valence-corrected chi connectivity index (χ2v) is 6.08. The summed E-state index contributed by atoms with van der Waals surface area (Å²) in [6.45, 7) is 7.02. The molecule has 1 aliphatic rings. The van der Waals surface area contributed by atoms with Crippen LogP contribution in [0, 0.1) is 17.3 Å². The van der Waals surface area contributed by atoms with Crippen molar-refractivity contribution < 1.29 is 14.6 Å². The quantitative estimate of drug-likeness (QED) is 0.729. The number of carboxylic acid groups (broad SMARTS) is 1. The Morgan fingerprint density at radius 2 is 2.20 bits per heavy atom. The Bertz CT molecular complexity index is 382. The van der Waals surface area contributed by atoms with Gasteiger partial charge in [0.05, 0.1) is 5.41 Å². The molecule has 1 rings (SSSR count). The summed E-state index contributed by atoms with van der Waals surface area (Å²) in [6, 6.07) is 0. The zero-order valence-electron chi connectivity index (χ0n) is 13.2. The molecular formula is C17H28O3. The lowest BCUT2D eigenvalue weighted by Crippen LogP contribution is -2.39. The van der Waals surface area contributed by atoms with Crippen LogP contribution in [0.15, 0.2) is 23.8 Å². The summed E-state index contributed by atoms with van der Waals surface area (Å²) < 4.78 is 5.15. The number of hydrogen-bond donors (Lipinski definition) is 1. The average Bonchev–Trinajstić information content (AvgIpc) is 2.42. The van der Waals surface area contributed by atoms with Crippen LogP contribution in [0.2, 0.25) is 0 Å². The van der Waals surface area contributed by atoms with Gasteiger partial charge in [0.25, 0.3) is 0 Å². The summed E-state index contributed by atoms with van der Waals surface area (Å²) in [7, 11) is 1.68. The second-order valence-electron chi connectivity index (χ2n) is 6.08. The van der Waals surface area contributed by atoms with Gasteiger partial charge in [-0.2, -0.15) is 0 Å². The molecule has 0 amide bonds. The zero-order chi connectivity index (χ0) is 15.2. The molecule has 114 valence electrons. The topological polar surface area (TPSA) is 46.5 Å². The van der Waals surface area contributed by atoms with Gasteiger partial charge in [0, 0.05) is 13.7 Å². The molecule has 0 spiro atoms. The Morgan fingerprint density at radius 3 is 2.70 bits per heavy atom. The molecule has 0 saturated heterocycles. The lowest BCUT2D eigenvalue weighted by molar-refractivity contribution is -0.149. The van der Waals surface area contributed by atoms with Crippen molar-refractivity contribution in [2.24, 2.45) is 17.3 Å². The maximum Gasteiger partial charge on any atom is 0.314 e. The lowest BCUT2D eigenvalue weighted by atomic mass is 9.64. The number of methoxy groups -OCH3 is 1. The summed E-state index contributed by atoms with van der Waals surface area (Å²) in [6.07, 6.45) is 9.21. The maximum absolute atomic E-state index is 12.0. The highest BCUT2D eigenvalue weighted by molar-refractivity contribution is 5.79. The van der Waals surface area contributed by atoms with E-state index in [0.29, 0.717) is 18.9 Å². The second kappa shape index (κ2) is 7.63. The van der Waals surface area contributed by atoms with Crippen LogP contribution in [0.5, 0.6) is 0 Å². The summed E-state index contributed by atoms with van der Waals surface area (Å²) in [4.78, 5) is 12.0. The molecule has 3 heteroatoms. The van der Waals surface area contributed by atoms with E-state index in [1.165, 1.54) is 5.57 Å². The monoisotopic (exact) mass is 280 g/mol. The minimum atomic E-state index is -0.739. The highest BCUT2D eigenvalue weighted by Gasteiger charge is 2.44. The van der Waals surface area contributed by atoms with Gasteiger partial charge in [-0.3, -0.25) is 4.79 Å². The maximum atomic E-state index is 12.0. The van der Waals surface area contributed by atoms with E-state index in [-0.39, 0.29) is 5.92 Å². The zero-order valence-corrected chi connectivity index (χ0v) is 13.2. The van der Waals surface area contributed by atoms with E-state index in [2.05, 4.69) is 26.8 Å². The normalized spacial score (nSPS) is 25.9. The van der Waals surface area contributed by atoms with Gasteiger partial charge in [0.15, 0.2) is 0 Å².